The van der Waals surface area contributed by atoms with Crippen LogP contribution in [0.25, 0.3) is 0 Å². The second-order valence-corrected chi connectivity index (χ2v) is 90.4. The van der Waals surface area contributed by atoms with Gasteiger partial charge in [0.15, 0.2) is 9.04 Å². The highest BCUT2D eigenvalue weighted by molar-refractivity contribution is 6.95. The molecule has 0 radical (unpaired) electrons. The van der Waals surface area contributed by atoms with Crippen LogP contribution in [0.1, 0.15) is 0 Å². The Morgan fingerprint density at radius 3 is 0.375 bits per heavy atom. The van der Waals surface area contributed by atoms with Gasteiger partial charge in [0, 0.05) is 0 Å². The van der Waals surface area contributed by atoms with E-state index in [0.717, 1.165) is 0 Å². The smallest absolute Gasteiger partial charge is 0.320 e. The van der Waals surface area contributed by atoms with Gasteiger partial charge in [-0.15, -0.1) is 0 Å². The van der Waals surface area contributed by atoms with Crippen LogP contribution >= 0.6 is 0 Å². The summed E-state index contributed by atoms with van der Waals surface area (Å²) in [5, 5.41) is 0. The summed E-state index contributed by atoms with van der Waals surface area (Å²) >= 11 is 0. The molecule has 0 aliphatic carbocycles. The third-order valence-corrected chi connectivity index (χ3v) is 75.5. The average molecular weight is 1340 g/mol. The Balaban J connectivity index is 5.76. The zero-order valence-corrected chi connectivity index (χ0v) is 70.6. The molecular weight excluding hydrogens is 1230 g/mol. The van der Waals surface area contributed by atoms with Gasteiger partial charge in [0.2, 0.25) is 0 Å². The van der Waals surface area contributed by atoms with E-state index in [0.29, 0.717) is 0 Å². The molecule has 0 aromatic carbocycles. The van der Waals surface area contributed by atoms with Crippen LogP contribution in [0.5, 0.6) is 0 Å². The highest BCUT2D eigenvalue weighted by Gasteiger charge is 2.53. The van der Waals surface area contributed by atoms with Crippen LogP contribution in [-0.2, 0) is 70.0 Å². The van der Waals surface area contributed by atoms with Crippen LogP contribution in [-0.4, -0.2) is 159 Å². The molecule has 0 aromatic rings. The maximum Gasteiger partial charge on any atom is 0.320 e. The van der Waals surface area contributed by atoms with Crippen molar-refractivity contribution in [3.63, 3.8) is 0 Å². The first-order valence-electron chi connectivity index (χ1n) is 25.4. The summed E-state index contributed by atoms with van der Waals surface area (Å²) in [4.78, 5) is 10.4. The monoisotopic (exact) mass is 1330 g/mol. The van der Waals surface area contributed by atoms with Gasteiger partial charge in [0.05, 0.1) is 0 Å². The van der Waals surface area contributed by atoms with Crippen molar-refractivity contribution in [2.45, 2.75) is 236 Å². The molecule has 36 heteroatoms. The largest absolute Gasteiger partial charge is 0.440 e. The molecular formula is C36H110O18Si18. The van der Waals surface area contributed by atoms with Crippen molar-refractivity contribution in [3.05, 3.63) is 0 Å². The quantitative estimate of drug-likeness (QED) is 0.0601. The van der Waals surface area contributed by atoms with Crippen molar-refractivity contribution in [1.29, 1.82) is 0 Å². The summed E-state index contributed by atoms with van der Waals surface area (Å²) in [6.07, 6.45) is 0. The van der Waals surface area contributed by atoms with Crippen LogP contribution < -0.4 is 0 Å². The first kappa shape index (κ1) is 75.2. The number of hydrogen-bond acceptors (Lipinski definition) is 18. The molecule has 0 heterocycles. The van der Waals surface area contributed by atoms with Gasteiger partial charge in [0.25, 0.3) is 0 Å². The molecule has 0 saturated carbocycles. The molecule has 434 valence electrons. The third kappa shape index (κ3) is 35.1. The van der Waals surface area contributed by atoms with Gasteiger partial charge in [-0.3, -0.25) is 0 Å². The Morgan fingerprint density at radius 1 is 0.181 bits per heavy atom. The van der Waals surface area contributed by atoms with Gasteiger partial charge in [0.1, 0.15) is 0 Å². The lowest BCUT2D eigenvalue weighted by molar-refractivity contribution is 0.250. The molecule has 0 rings (SSSR count). The summed E-state index contributed by atoms with van der Waals surface area (Å²) in [6, 6.07) is 0. The molecule has 0 unspecified atom stereocenters. The van der Waals surface area contributed by atoms with E-state index < -0.39 is 155 Å². The predicted molar refractivity (Wildman–Crippen MR) is 337 cm³/mol. The predicted octanol–water partition coefficient (Wildman–Crippen LogP) is 12.2. The average Bonchev–Trinajstić information content (AvgIpc) is 2.83. The second-order valence-electron chi connectivity index (χ2n) is 26.6. The molecule has 18 nitrogen and oxygen atoms in total. The molecule has 0 aromatic heterocycles. The lowest BCUT2D eigenvalue weighted by Gasteiger charge is -2.45. The standard InChI is InChI=1S/C36H110O18Si18/c1-55(2)38-57(5,6)40-59(9,10)42-61(13,14)44-63(17,18)46-65(21,22)48-67(25,26)50-69(29,30)52-71(33,34)54-72(35,36)53-70(31,32)51-68(27,28)49-66(23,24)47-64(19,20)45-62(15,16)43-60(11,12)41-58(7,8)39-56(3,4)37/h37,55H,1-36H3. The summed E-state index contributed by atoms with van der Waals surface area (Å²) < 4.78 is 114. The zero-order chi connectivity index (χ0) is 58.1. The Labute approximate surface area is 461 Å². The Kier molecular flexibility index (Phi) is 26.5. The van der Waals surface area contributed by atoms with Gasteiger partial charge < -0.3 is 74.8 Å². The summed E-state index contributed by atoms with van der Waals surface area (Å²) in [6.45, 7) is 73.2. The molecule has 0 fully saturated rings. The second kappa shape index (κ2) is 25.4. The summed E-state index contributed by atoms with van der Waals surface area (Å²) in [7, 11) is -47.8. The van der Waals surface area contributed by atoms with Crippen molar-refractivity contribution in [2.24, 2.45) is 0 Å². The summed E-state index contributed by atoms with van der Waals surface area (Å²) in [5.74, 6) is 0. The molecule has 1 N–H and O–H groups in total. The SMILES string of the molecule is C[SiH](C)O[Si](C)(C)O[Si](C)(C)O[Si](C)(C)O[Si](C)(C)O[Si](C)(C)O[Si](C)(C)O[Si](C)(C)O[Si](C)(C)O[Si](C)(C)O[Si](C)(C)O[Si](C)(C)O[Si](C)(C)O[Si](C)(C)O[Si](C)(C)O[Si](C)(C)O[Si](C)(C)O[Si](C)(C)O. The lowest BCUT2D eigenvalue weighted by atomic mass is 11.9. The Morgan fingerprint density at radius 2 is 0.278 bits per heavy atom. The zero-order valence-electron chi connectivity index (χ0n) is 52.5. The van der Waals surface area contributed by atoms with E-state index in [-0.39, 0.29) is 0 Å². The Bertz CT molecular complexity index is 1720. The van der Waals surface area contributed by atoms with E-state index in [4.69, 9.17) is 70.0 Å². The number of hydrogen-bond donors (Lipinski definition) is 1. The summed E-state index contributed by atoms with van der Waals surface area (Å²) in [5.41, 5.74) is 0. The minimum Gasteiger partial charge on any atom is -0.440 e. The van der Waals surface area contributed by atoms with E-state index in [1.807, 2.05) is 105 Å². The molecule has 0 amide bonds. The van der Waals surface area contributed by atoms with E-state index in [1.165, 1.54) is 0 Å². The fourth-order valence-electron chi connectivity index (χ4n) is 10.4. The van der Waals surface area contributed by atoms with Crippen molar-refractivity contribution in [2.75, 3.05) is 0 Å². The minimum atomic E-state index is -2.84. The molecule has 0 bridgehead atoms. The fraction of sp³-hybridized carbons (Fsp3) is 1.00. The van der Waals surface area contributed by atoms with Gasteiger partial charge in [-0.05, 0) is 236 Å². The topological polar surface area (TPSA) is 177 Å². The van der Waals surface area contributed by atoms with Crippen molar-refractivity contribution >= 4 is 155 Å². The maximum atomic E-state index is 10.4. The highest BCUT2D eigenvalue weighted by Crippen LogP contribution is 2.33. The van der Waals surface area contributed by atoms with Gasteiger partial charge >= 0.3 is 146 Å². The minimum absolute atomic E-state index is 1.26. The van der Waals surface area contributed by atoms with E-state index in [2.05, 4.69) is 118 Å². The lowest BCUT2D eigenvalue weighted by Crippen LogP contribution is -2.63. The maximum absolute atomic E-state index is 10.4. The number of rotatable bonds is 34. The molecule has 0 aliphatic heterocycles. The molecule has 0 aliphatic rings. The van der Waals surface area contributed by atoms with Crippen LogP contribution in [0.15, 0.2) is 0 Å². The first-order chi connectivity index (χ1) is 30.7. The van der Waals surface area contributed by atoms with Crippen LogP contribution in [0, 0.1) is 0 Å². The first-order valence-corrected chi connectivity index (χ1v) is 76.1. The van der Waals surface area contributed by atoms with E-state index in [9.17, 15) is 4.80 Å². The molecule has 72 heavy (non-hydrogen) atoms. The fourth-order valence-corrected chi connectivity index (χ4v) is 99.5. The third-order valence-electron chi connectivity index (χ3n) is 8.39. The van der Waals surface area contributed by atoms with Crippen molar-refractivity contribution in [1.82, 2.24) is 0 Å². The molecule has 0 saturated heterocycles. The van der Waals surface area contributed by atoms with Crippen molar-refractivity contribution in [3.8, 4) is 0 Å². The van der Waals surface area contributed by atoms with Crippen LogP contribution in [0.4, 0.5) is 0 Å². The van der Waals surface area contributed by atoms with Gasteiger partial charge in [-0.2, -0.15) is 0 Å². The molecule has 0 atom stereocenters. The van der Waals surface area contributed by atoms with Crippen LogP contribution in [0.3, 0.4) is 0 Å². The van der Waals surface area contributed by atoms with Crippen LogP contribution in [0.2, 0.25) is 236 Å². The molecule has 0 spiro atoms. The van der Waals surface area contributed by atoms with Crippen molar-refractivity contribution < 1.29 is 74.8 Å². The van der Waals surface area contributed by atoms with Gasteiger partial charge in [-0.25, -0.2) is 0 Å². The Hall–Kier alpha value is 3.18. The normalized spacial score (nSPS) is 16.1. The van der Waals surface area contributed by atoms with E-state index in [1.54, 1.807) is 13.1 Å². The van der Waals surface area contributed by atoms with E-state index >= 15 is 0 Å². The van der Waals surface area contributed by atoms with Gasteiger partial charge in [-0.1, -0.05) is 0 Å². The highest BCUT2D eigenvalue weighted by atomic mass is 28.5.